The standard InChI is InChI=1S/C18H36N2O14S2.C9H19NO7S.I2/c21-3-11(25)15(29)13(27)9(23)1-19-7(17(31)32)5-35-36-6-8(18(33)34)20-2-10(24)14(28)16(30)12(26)4-22;11-2-6(13)8(15)7(14)5(12)1-10-4(3-18)9(16)17;1-2/h7-16,19-30H,1-6H2,(H,31,32)(H,33,34);4-8,10-15,18H,1-3H2,(H,16,17);. The molecule has 0 aromatic heterocycles. The van der Waals surface area contributed by atoms with Crippen LogP contribution in [0.25, 0.3) is 0 Å². The fraction of sp³-hybridized carbons (Fsp3) is 0.889. The topological polar surface area (TPSA) is 451 Å². The average molecular weight is 1110 g/mol. The van der Waals surface area contributed by atoms with Crippen LogP contribution in [-0.4, -0.2) is 258 Å². The molecule has 0 aliphatic heterocycles. The number of aliphatic hydroxyl groups is 15. The third-order valence-corrected chi connectivity index (χ3v) is 10.1. The van der Waals surface area contributed by atoms with Gasteiger partial charge in [0, 0.05) is 74.1 Å². The SMILES string of the molecule is II.O=C(O)C(CS)NCC(O)C(O)C(O)C(O)CO.O=C(O)C(CSSCC(NCC(O)C(O)C(O)C(O)CO)C(=O)O)NCC(O)C(O)C(O)C(O)CO. The Bertz CT molecular complexity index is 994. The molecule has 0 aliphatic rings. The summed E-state index contributed by atoms with van der Waals surface area (Å²) >= 11 is 8.03. The highest BCUT2D eigenvalue weighted by Crippen LogP contribution is 2.23. The fourth-order valence-electron chi connectivity index (χ4n) is 3.74. The van der Waals surface area contributed by atoms with Crippen LogP contribution >= 0.6 is 71.4 Å². The molecule has 0 heterocycles. The Hall–Kier alpha value is 0.200. The van der Waals surface area contributed by atoms with Crippen LogP contribution in [0.2, 0.25) is 0 Å². The van der Waals surface area contributed by atoms with Gasteiger partial charge in [-0.05, 0) is 0 Å². The van der Waals surface area contributed by atoms with E-state index in [1.807, 2.05) is 0 Å². The number of hydrogen-bond acceptors (Lipinski definition) is 24. The van der Waals surface area contributed by atoms with Crippen molar-refractivity contribution in [1.82, 2.24) is 16.0 Å². The zero-order valence-corrected chi connectivity index (χ0v) is 36.2. The molecule has 29 heteroatoms. The number of rotatable bonds is 30. The maximum absolute atomic E-state index is 11.4. The van der Waals surface area contributed by atoms with Gasteiger partial charge in [0.1, 0.15) is 73.1 Å². The number of aliphatic hydroxyl groups excluding tert-OH is 15. The first-order valence-corrected chi connectivity index (χ1v) is 25.4. The Morgan fingerprint density at radius 1 is 0.446 bits per heavy atom. The van der Waals surface area contributed by atoms with Gasteiger partial charge in [0.15, 0.2) is 0 Å². The third kappa shape index (κ3) is 25.1. The van der Waals surface area contributed by atoms with Crippen molar-refractivity contribution in [3.63, 3.8) is 0 Å². The quantitative estimate of drug-likeness (QED) is 0.0137. The number of carboxylic acids is 3. The average Bonchev–Trinajstić information content (AvgIpc) is 3.18. The Balaban J connectivity index is -0.00000117. The van der Waals surface area contributed by atoms with Crippen LogP contribution in [0.1, 0.15) is 0 Å². The van der Waals surface area contributed by atoms with E-state index in [0.717, 1.165) is 21.6 Å². The van der Waals surface area contributed by atoms with Gasteiger partial charge >= 0.3 is 17.9 Å². The maximum atomic E-state index is 11.4. The number of nitrogens with one attached hydrogen (secondary N) is 3. The minimum atomic E-state index is -1.87. The van der Waals surface area contributed by atoms with Gasteiger partial charge in [-0.1, -0.05) is 21.6 Å². The molecule has 0 fully saturated rings. The second-order valence-electron chi connectivity index (χ2n) is 11.5. The van der Waals surface area contributed by atoms with Gasteiger partial charge in [-0.2, -0.15) is 12.6 Å². The molecule has 336 valence electrons. The van der Waals surface area contributed by atoms with Gasteiger partial charge in [-0.3, -0.25) is 14.4 Å². The molecule has 15 unspecified atom stereocenters. The summed E-state index contributed by atoms with van der Waals surface area (Å²) < 4.78 is 0. The van der Waals surface area contributed by atoms with E-state index in [1.54, 1.807) is 0 Å². The van der Waals surface area contributed by atoms with Crippen molar-refractivity contribution < 1.29 is 106 Å². The second kappa shape index (κ2) is 34.9. The molecule has 0 aromatic carbocycles. The van der Waals surface area contributed by atoms with Crippen LogP contribution in [0, 0.1) is 0 Å². The van der Waals surface area contributed by atoms with Gasteiger partial charge in [-0.25, -0.2) is 0 Å². The summed E-state index contributed by atoms with van der Waals surface area (Å²) in [6, 6.07) is -3.51. The number of hydrogen-bond donors (Lipinski definition) is 22. The predicted molar refractivity (Wildman–Crippen MR) is 218 cm³/mol. The predicted octanol–water partition coefficient (Wildman–Crippen LogP) is -8.51. The van der Waals surface area contributed by atoms with E-state index in [9.17, 15) is 80.8 Å². The largest absolute Gasteiger partial charge is 0.480 e. The summed E-state index contributed by atoms with van der Waals surface area (Å²) in [5.74, 6) is -4.07. The minimum absolute atomic E-state index is 0.0139. The zero-order chi connectivity index (χ0) is 44.3. The van der Waals surface area contributed by atoms with Crippen molar-refractivity contribution >= 4 is 89.4 Å². The van der Waals surface area contributed by atoms with E-state index in [-0.39, 0.29) is 23.8 Å². The van der Waals surface area contributed by atoms with E-state index in [2.05, 4.69) is 65.8 Å². The lowest BCUT2D eigenvalue weighted by atomic mass is 10.0. The van der Waals surface area contributed by atoms with Crippen molar-refractivity contribution in [3.8, 4) is 0 Å². The van der Waals surface area contributed by atoms with Crippen molar-refractivity contribution in [2.75, 3.05) is 56.7 Å². The van der Waals surface area contributed by atoms with E-state index >= 15 is 0 Å². The van der Waals surface area contributed by atoms with Gasteiger partial charge < -0.3 is 108 Å². The van der Waals surface area contributed by atoms with Crippen LogP contribution in [0.15, 0.2) is 0 Å². The van der Waals surface area contributed by atoms with Crippen molar-refractivity contribution in [1.29, 1.82) is 0 Å². The maximum Gasteiger partial charge on any atom is 0.321 e. The molecule has 0 radical (unpaired) electrons. The lowest BCUT2D eigenvalue weighted by molar-refractivity contribution is -0.140. The van der Waals surface area contributed by atoms with Crippen molar-refractivity contribution in [3.05, 3.63) is 0 Å². The first-order valence-electron chi connectivity index (χ1n) is 16.0. The molecule has 0 aromatic rings. The molecule has 21 N–H and O–H groups in total. The van der Waals surface area contributed by atoms with E-state index in [0.29, 0.717) is 0 Å². The lowest BCUT2D eigenvalue weighted by Gasteiger charge is -2.27. The highest BCUT2D eigenvalue weighted by molar-refractivity contribution is 15.0. The molecule has 0 saturated heterocycles. The summed E-state index contributed by atoms with van der Waals surface area (Å²) in [5, 5.41) is 175. The molecule has 0 spiro atoms. The number of carboxylic acid groups (broad SMARTS) is 3. The smallest absolute Gasteiger partial charge is 0.321 e. The number of carbonyl (C=O) groups is 3. The van der Waals surface area contributed by atoms with Gasteiger partial charge in [0.25, 0.3) is 0 Å². The Labute approximate surface area is 357 Å². The molecular weight excluding hydrogens is 1050 g/mol. The number of halogens is 2. The monoisotopic (exact) mass is 1110 g/mol. The molecule has 0 aliphatic carbocycles. The van der Waals surface area contributed by atoms with Crippen molar-refractivity contribution in [2.24, 2.45) is 0 Å². The zero-order valence-electron chi connectivity index (χ0n) is 29.3. The summed E-state index contributed by atoms with van der Waals surface area (Å²) in [4.78, 5) is 33.4. The molecule has 0 saturated carbocycles. The van der Waals surface area contributed by atoms with E-state index < -0.39 is 142 Å². The molecule has 15 atom stereocenters. The minimum Gasteiger partial charge on any atom is -0.480 e. The first kappa shape index (κ1) is 60.5. The highest BCUT2D eigenvalue weighted by atomic mass is 128. The highest BCUT2D eigenvalue weighted by Gasteiger charge is 2.33. The van der Waals surface area contributed by atoms with Gasteiger partial charge in [0.2, 0.25) is 0 Å². The lowest BCUT2D eigenvalue weighted by Crippen LogP contribution is -2.51. The first-order chi connectivity index (χ1) is 26.1. The number of aliphatic carboxylic acids is 3. The number of thiol groups is 1. The Kier molecular flexibility index (Phi) is 37.7. The fourth-order valence-corrected chi connectivity index (χ4v) is 6.40. The van der Waals surface area contributed by atoms with E-state index in [1.165, 1.54) is 0 Å². The van der Waals surface area contributed by atoms with Gasteiger partial charge in [-0.15, -0.1) is 0 Å². The molecular formula is C27H55I2N3O21S3. The third-order valence-electron chi connectivity index (χ3n) is 7.33. The second-order valence-corrected chi connectivity index (χ2v) is 14.5. The molecule has 24 nitrogen and oxygen atoms in total. The van der Waals surface area contributed by atoms with E-state index in [4.69, 9.17) is 25.5 Å². The summed E-state index contributed by atoms with van der Waals surface area (Å²) in [7, 11) is 1.91. The van der Waals surface area contributed by atoms with Crippen LogP contribution in [0.3, 0.4) is 0 Å². The van der Waals surface area contributed by atoms with Crippen LogP contribution < -0.4 is 16.0 Å². The molecule has 0 amide bonds. The normalized spacial score (nSPS) is 19.6. The van der Waals surface area contributed by atoms with Crippen LogP contribution in [-0.2, 0) is 14.4 Å². The Morgan fingerprint density at radius 3 is 0.857 bits per heavy atom. The van der Waals surface area contributed by atoms with Crippen LogP contribution in [0.4, 0.5) is 0 Å². The summed E-state index contributed by atoms with van der Waals surface area (Å²) in [5.41, 5.74) is 0. The molecule has 56 heavy (non-hydrogen) atoms. The molecule has 0 rings (SSSR count). The summed E-state index contributed by atoms with van der Waals surface area (Å²) in [6.07, 6.45) is -20.8. The summed E-state index contributed by atoms with van der Waals surface area (Å²) in [6.45, 7) is -3.81. The van der Waals surface area contributed by atoms with Gasteiger partial charge in [0.05, 0.1) is 38.1 Å². The molecule has 0 bridgehead atoms. The van der Waals surface area contributed by atoms with Crippen LogP contribution in [0.5, 0.6) is 0 Å². The Morgan fingerprint density at radius 2 is 0.661 bits per heavy atom. The van der Waals surface area contributed by atoms with Crippen molar-refractivity contribution in [2.45, 2.75) is 91.4 Å².